The average molecular weight is 447 g/mol. The van der Waals surface area contributed by atoms with E-state index in [1.54, 1.807) is 26.4 Å². The Labute approximate surface area is 182 Å². The Morgan fingerprint density at radius 3 is 2.81 bits per heavy atom. The molecule has 3 rings (SSSR count). The number of aromatic nitrogens is 3. The first-order valence-electron chi connectivity index (χ1n) is 9.53. The summed E-state index contributed by atoms with van der Waals surface area (Å²) in [7, 11) is 0. The first-order chi connectivity index (χ1) is 14.8. The van der Waals surface area contributed by atoms with Gasteiger partial charge in [-0.3, -0.25) is 10.1 Å². The summed E-state index contributed by atoms with van der Waals surface area (Å²) >= 11 is 0.862. The molecule has 3 aromatic rings. The minimum absolute atomic E-state index is 0.0488. The molecule has 0 aliphatic carbocycles. The maximum atomic E-state index is 14.2. The number of nitrogens with two attached hydrogens (primary N) is 1. The topological polar surface area (TPSA) is 124 Å². The first kappa shape index (κ1) is 22.2. The van der Waals surface area contributed by atoms with Gasteiger partial charge in [-0.15, -0.1) is 0 Å². The zero-order chi connectivity index (χ0) is 22.4. The molecule has 1 aromatic carbocycles. The van der Waals surface area contributed by atoms with Crippen LogP contribution in [-0.4, -0.2) is 32.4 Å². The van der Waals surface area contributed by atoms with E-state index in [0.29, 0.717) is 25.1 Å². The minimum atomic E-state index is -0.805. The molecule has 164 valence electrons. The molecule has 0 fully saturated rings. The molecule has 3 amide bonds. The Bertz CT molecular complexity index is 1040. The minimum Gasteiger partial charge on any atom is -0.471 e. The summed E-state index contributed by atoms with van der Waals surface area (Å²) < 4.78 is 25.7. The van der Waals surface area contributed by atoms with Crippen LogP contribution in [0.5, 0.6) is 5.88 Å². The number of amides is 3. The van der Waals surface area contributed by atoms with Crippen LogP contribution in [0.4, 0.5) is 14.2 Å². The number of rotatable bonds is 9. The van der Waals surface area contributed by atoms with Gasteiger partial charge in [0.25, 0.3) is 5.91 Å². The lowest BCUT2D eigenvalue weighted by Gasteiger charge is -2.10. The third kappa shape index (κ3) is 5.79. The fourth-order valence-electron chi connectivity index (χ4n) is 2.98. The van der Waals surface area contributed by atoms with Crippen molar-refractivity contribution in [2.24, 2.45) is 5.73 Å². The lowest BCUT2D eigenvalue weighted by Crippen LogP contribution is -2.30. The highest BCUT2D eigenvalue weighted by molar-refractivity contribution is 7.11. The number of ether oxygens (including phenoxy) is 1. The maximum Gasteiger partial charge on any atom is 0.319 e. The van der Waals surface area contributed by atoms with Crippen molar-refractivity contribution in [3.63, 3.8) is 0 Å². The van der Waals surface area contributed by atoms with Crippen molar-refractivity contribution in [1.82, 2.24) is 19.2 Å². The van der Waals surface area contributed by atoms with E-state index in [0.717, 1.165) is 22.7 Å². The van der Waals surface area contributed by atoms with Gasteiger partial charge in [0.1, 0.15) is 23.0 Å². The van der Waals surface area contributed by atoms with Crippen LogP contribution < -0.4 is 21.1 Å². The van der Waals surface area contributed by atoms with Gasteiger partial charge in [0, 0.05) is 31.0 Å². The Morgan fingerprint density at radius 1 is 1.32 bits per heavy atom. The summed E-state index contributed by atoms with van der Waals surface area (Å²) in [6.07, 6.45) is 5.92. The van der Waals surface area contributed by atoms with Gasteiger partial charge >= 0.3 is 6.03 Å². The fourth-order valence-corrected chi connectivity index (χ4v) is 3.71. The van der Waals surface area contributed by atoms with Gasteiger partial charge in [-0.05, 0) is 49.0 Å². The second kappa shape index (κ2) is 10.0. The summed E-state index contributed by atoms with van der Waals surface area (Å²) in [6.45, 7) is 4.58. The van der Waals surface area contributed by atoms with Gasteiger partial charge in [0.2, 0.25) is 5.88 Å². The SMILES string of the molecule is Cc1cc(C)c(COc2nsc(NC(=O)NCCCn3ccnc3)c2C(N)=O)c(F)c1. The van der Waals surface area contributed by atoms with Crippen LogP contribution in [0, 0.1) is 19.7 Å². The molecule has 0 radical (unpaired) electrons. The largest absolute Gasteiger partial charge is 0.471 e. The number of primary amides is 1. The Balaban J connectivity index is 1.59. The summed E-state index contributed by atoms with van der Waals surface area (Å²) in [5.74, 6) is -1.26. The molecule has 0 aliphatic rings. The van der Waals surface area contributed by atoms with Gasteiger partial charge in [-0.2, -0.15) is 4.37 Å². The summed E-state index contributed by atoms with van der Waals surface area (Å²) in [6, 6.07) is 2.75. The summed E-state index contributed by atoms with van der Waals surface area (Å²) in [4.78, 5) is 28.0. The zero-order valence-electron chi connectivity index (χ0n) is 17.1. The average Bonchev–Trinajstić information content (AvgIpc) is 3.34. The number of urea groups is 1. The van der Waals surface area contributed by atoms with Crippen LogP contribution in [0.3, 0.4) is 0 Å². The van der Waals surface area contributed by atoms with Crippen LogP contribution in [0.15, 0.2) is 30.9 Å². The molecular weight excluding hydrogens is 423 g/mol. The van der Waals surface area contributed by atoms with Crippen LogP contribution in [0.25, 0.3) is 0 Å². The number of hydrogen-bond acceptors (Lipinski definition) is 6. The molecule has 4 N–H and O–H groups in total. The second-order valence-corrected chi connectivity index (χ2v) is 7.70. The predicted octanol–water partition coefficient (Wildman–Crippen LogP) is 2.99. The van der Waals surface area contributed by atoms with E-state index in [9.17, 15) is 14.0 Å². The smallest absolute Gasteiger partial charge is 0.319 e. The standard InChI is InChI=1S/C20H23FN6O3S/c1-12-8-13(2)14(15(21)9-12)10-30-18-16(17(22)28)19(31-26-18)25-20(29)24-4-3-6-27-7-5-23-11-27/h5,7-9,11H,3-4,6,10H2,1-2H3,(H2,22,28)(H2,24,25,29). The predicted molar refractivity (Wildman–Crippen MR) is 115 cm³/mol. The number of hydrogen-bond donors (Lipinski definition) is 3. The highest BCUT2D eigenvalue weighted by atomic mass is 32.1. The number of anilines is 1. The van der Waals surface area contributed by atoms with E-state index in [4.69, 9.17) is 10.5 Å². The molecule has 31 heavy (non-hydrogen) atoms. The van der Waals surface area contributed by atoms with Crippen molar-refractivity contribution in [3.8, 4) is 5.88 Å². The van der Waals surface area contributed by atoms with E-state index >= 15 is 0 Å². The van der Waals surface area contributed by atoms with Crippen LogP contribution in [0.1, 0.15) is 33.5 Å². The number of benzene rings is 1. The Kier molecular flexibility index (Phi) is 7.19. The normalized spacial score (nSPS) is 10.7. The fraction of sp³-hybridized carbons (Fsp3) is 0.300. The molecule has 0 saturated carbocycles. The van der Waals surface area contributed by atoms with E-state index < -0.39 is 17.8 Å². The van der Waals surface area contributed by atoms with Crippen molar-refractivity contribution >= 4 is 28.5 Å². The van der Waals surface area contributed by atoms with Crippen LogP contribution >= 0.6 is 11.5 Å². The Hall–Kier alpha value is -3.47. The summed E-state index contributed by atoms with van der Waals surface area (Å²) in [5, 5.41) is 5.43. The first-order valence-corrected chi connectivity index (χ1v) is 10.3. The molecular formula is C20H23FN6O3S. The lowest BCUT2D eigenvalue weighted by molar-refractivity contribution is 0.0996. The monoisotopic (exact) mass is 446 g/mol. The van der Waals surface area contributed by atoms with E-state index in [2.05, 4.69) is 20.0 Å². The van der Waals surface area contributed by atoms with Gasteiger partial charge in [0.05, 0.1) is 6.33 Å². The molecule has 9 nitrogen and oxygen atoms in total. The second-order valence-electron chi connectivity index (χ2n) is 6.92. The van der Waals surface area contributed by atoms with Crippen molar-refractivity contribution in [2.45, 2.75) is 33.4 Å². The maximum absolute atomic E-state index is 14.2. The summed E-state index contributed by atoms with van der Waals surface area (Å²) in [5.41, 5.74) is 7.28. The van der Waals surface area contributed by atoms with Crippen molar-refractivity contribution in [2.75, 3.05) is 11.9 Å². The van der Waals surface area contributed by atoms with Crippen LogP contribution in [0.2, 0.25) is 0 Å². The molecule has 2 heterocycles. The Morgan fingerprint density at radius 2 is 2.13 bits per heavy atom. The van der Waals surface area contributed by atoms with E-state index in [1.165, 1.54) is 6.07 Å². The molecule has 11 heteroatoms. The third-order valence-electron chi connectivity index (χ3n) is 4.49. The van der Waals surface area contributed by atoms with Gasteiger partial charge < -0.3 is 20.4 Å². The number of aryl methyl sites for hydroxylation is 3. The molecule has 0 atom stereocenters. The van der Waals surface area contributed by atoms with Crippen molar-refractivity contribution in [1.29, 1.82) is 0 Å². The molecule has 0 spiro atoms. The van der Waals surface area contributed by atoms with Gasteiger partial charge in [-0.25, -0.2) is 14.2 Å². The number of carbonyl (C=O) groups excluding carboxylic acids is 2. The van der Waals surface area contributed by atoms with Gasteiger partial charge in [-0.1, -0.05) is 6.07 Å². The molecule has 2 aromatic heterocycles. The number of imidazole rings is 1. The molecule has 0 aliphatic heterocycles. The zero-order valence-corrected chi connectivity index (χ0v) is 18.0. The number of halogens is 1. The van der Waals surface area contributed by atoms with Gasteiger partial charge in [0.15, 0.2) is 0 Å². The van der Waals surface area contributed by atoms with E-state index in [-0.39, 0.29) is 23.1 Å². The number of nitrogens with zero attached hydrogens (tertiary/aromatic N) is 3. The molecule has 0 unspecified atom stereocenters. The lowest BCUT2D eigenvalue weighted by atomic mass is 10.1. The quantitative estimate of drug-likeness (QED) is 0.436. The van der Waals surface area contributed by atoms with Crippen LogP contribution in [-0.2, 0) is 13.2 Å². The van der Waals surface area contributed by atoms with Crippen molar-refractivity contribution in [3.05, 3.63) is 58.9 Å². The third-order valence-corrected chi connectivity index (χ3v) is 5.23. The number of nitrogens with one attached hydrogen (secondary N) is 2. The van der Waals surface area contributed by atoms with Crippen molar-refractivity contribution < 1.29 is 18.7 Å². The number of carbonyl (C=O) groups is 2. The molecule has 0 bridgehead atoms. The highest BCUT2D eigenvalue weighted by Crippen LogP contribution is 2.31. The highest BCUT2D eigenvalue weighted by Gasteiger charge is 2.22. The molecule has 0 saturated heterocycles. The van der Waals surface area contributed by atoms with E-state index in [1.807, 2.05) is 16.8 Å².